The largest absolute Gasteiger partial charge is 0.465 e. The maximum absolute atomic E-state index is 11.8. The van der Waals surface area contributed by atoms with Gasteiger partial charge in [-0.05, 0) is 38.5 Å². The van der Waals surface area contributed by atoms with Crippen molar-refractivity contribution >= 4 is 17.7 Å². The number of methoxy groups -OCH3 is 1. The highest BCUT2D eigenvalue weighted by Gasteiger charge is 2.25. The normalized spacial score (nSPS) is 13.5. The summed E-state index contributed by atoms with van der Waals surface area (Å²) >= 11 is 0. The van der Waals surface area contributed by atoms with Gasteiger partial charge >= 0.3 is 12.1 Å². The number of carbonyl (C=O) groups is 2. The smallest absolute Gasteiger partial charge is 0.412 e. The number of anilines is 1. The summed E-state index contributed by atoms with van der Waals surface area (Å²) in [6, 6.07) is 3.27. The first-order valence-corrected chi connectivity index (χ1v) is 6.62. The van der Waals surface area contributed by atoms with Crippen molar-refractivity contribution in [1.82, 2.24) is 0 Å². The van der Waals surface area contributed by atoms with E-state index in [1.807, 2.05) is 0 Å². The molecule has 0 aliphatic carbocycles. The molecule has 6 nitrogen and oxygen atoms in total. The van der Waals surface area contributed by atoms with Crippen molar-refractivity contribution in [2.75, 3.05) is 12.4 Å². The van der Waals surface area contributed by atoms with Gasteiger partial charge in [-0.1, -0.05) is 0 Å². The van der Waals surface area contributed by atoms with Crippen molar-refractivity contribution in [3.63, 3.8) is 0 Å². The van der Waals surface area contributed by atoms with Gasteiger partial charge in [0.1, 0.15) is 5.60 Å². The number of benzene rings is 1. The minimum absolute atomic E-state index is 0.323. The molecule has 1 aromatic carbocycles. The van der Waals surface area contributed by atoms with Gasteiger partial charge in [0.25, 0.3) is 0 Å². The van der Waals surface area contributed by atoms with Crippen LogP contribution < -0.4 is 5.32 Å². The van der Waals surface area contributed by atoms with Crippen LogP contribution in [-0.2, 0) is 27.4 Å². The Kier molecular flexibility index (Phi) is 4.18. The molecule has 1 aromatic rings. The summed E-state index contributed by atoms with van der Waals surface area (Å²) in [5.74, 6) is -0.416. The number of hydrogen-bond acceptors (Lipinski definition) is 5. The predicted octanol–water partition coefficient (Wildman–Crippen LogP) is 2.85. The van der Waals surface area contributed by atoms with Crippen LogP contribution in [0.2, 0.25) is 0 Å². The number of ether oxygens (including phenoxy) is 3. The monoisotopic (exact) mass is 293 g/mol. The zero-order valence-corrected chi connectivity index (χ0v) is 12.6. The van der Waals surface area contributed by atoms with Crippen molar-refractivity contribution in [2.45, 2.75) is 39.6 Å². The molecule has 1 amide bonds. The van der Waals surface area contributed by atoms with Gasteiger partial charge in [-0.15, -0.1) is 0 Å². The van der Waals surface area contributed by atoms with Crippen LogP contribution in [0.5, 0.6) is 0 Å². The number of hydrogen-bond donors (Lipinski definition) is 1. The van der Waals surface area contributed by atoms with Crippen LogP contribution in [0.25, 0.3) is 0 Å². The second-order valence-electron chi connectivity index (χ2n) is 5.73. The van der Waals surface area contributed by atoms with Crippen molar-refractivity contribution in [2.24, 2.45) is 0 Å². The van der Waals surface area contributed by atoms with E-state index >= 15 is 0 Å². The van der Waals surface area contributed by atoms with Crippen LogP contribution in [0.1, 0.15) is 42.3 Å². The number of esters is 1. The Bertz CT molecular complexity index is 574. The first-order valence-electron chi connectivity index (χ1n) is 6.62. The van der Waals surface area contributed by atoms with Crippen LogP contribution in [-0.4, -0.2) is 24.8 Å². The van der Waals surface area contributed by atoms with E-state index in [-0.39, 0.29) is 0 Å². The zero-order valence-electron chi connectivity index (χ0n) is 12.6. The number of rotatable bonds is 2. The summed E-state index contributed by atoms with van der Waals surface area (Å²) in [7, 11) is 1.33. The van der Waals surface area contributed by atoms with Gasteiger partial charge in [-0.2, -0.15) is 0 Å². The molecular weight excluding hydrogens is 274 g/mol. The Balaban J connectivity index is 2.25. The van der Waals surface area contributed by atoms with Crippen LogP contribution in [0, 0.1) is 0 Å². The molecule has 6 heteroatoms. The van der Waals surface area contributed by atoms with Gasteiger partial charge < -0.3 is 14.2 Å². The van der Waals surface area contributed by atoms with E-state index in [9.17, 15) is 9.59 Å². The number of amides is 1. The molecule has 0 fully saturated rings. The Labute approximate surface area is 123 Å². The minimum atomic E-state index is -0.574. The van der Waals surface area contributed by atoms with E-state index in [1.165, 1.54) is 7.11 Å². The first kappa shape index (κ1) is 15.3. The highest BCUT2D eigenvalue weighted by Crippen LogP contribution is 2.31. The number of carbonyl (C=O) groups excluding carboxylic acids is 2. The topological polar surface area (TPSA) is 73.9 Å². The highest BCUT2D eigenvalue weighted by molar-refractivity contribution is 5.94. The lowest BCUT2D eigenvalue weighted by Gasteiger charge is -2.20. The Morgan fingerprint density at radius 2 is 1.86 bits per heavy atom. The molecule has 0 aromatic heterocycles. The fourth-order valence-corrected chi connectivity index (χ4v) is 2.11. The van der Waals surface area contributed by atoms with E-state index in [1.54, 1.807) is 32.9 Å². The lowest BCUT2D eigenvalue weighted by atomic mass is 10.0. The number of nitrogens with one attached hydrogen (secondary N) is 1. The minimum Gasteiger partial charge on any atom is -0.465 e. The van der Waals surface area contributed by atoms with Crippen LogP contribution in [0.4, 0.5) is 10.5 Å². The third kappa shape index (κ3) is 3.52. The molecule has 0 atom stereocenters. The van der Waals surface area contributed by atoms with Crippen molar-refractivity contribution < 1.29 is 23.8 Å². The van der Waals surface area contributed by atoms with Crippen LogP contribution in [0.15, 0.2) is 12.1 Å². The molecule has 0 bridgehead atoms. The van der Waals surface area contributed by atoms with Gasteiger partial charge in [-0.25, -0.2) is 9.59 Å². The molecule has 1 aliphatic heterocycles. The summed E-state index contributed by atoms with van der Waals surface area (Å²) < 4.78 is 15.3. The molecule has 1 heterocycles. The van der Waals surface area contributed by atoms with Crippen molar-refractivity contribution in [3.05, 3.63) is 28.8 Å². The second kappa shape index (κ2) is 5.73. The van der Waals surface area contributed by atoms with Gasteiger partial charge in [0.05, 0.1) is 25.9 Å². The molecule has 0 radical (unpaired) electrons. The fraction of sp³-hybridized carbons (Fsp3) is 0.467. The molecule has 1 aliphatic rings. The third-order valence-corrected chi connectivity index (χ3v) is 2.96. The molecule has 21 heavy (non-hydrogen) atoms. The van der Waals surface area contributed by atoms with E-state index in [2.05, 4.69) is 5.32 Å². The fourth-order valence-electron chi connectivity index (χ4n) is 2.11. The second-order valence-corrected chi connectivity index (χ2v) is 5.73. The zero-order chi connectivity index (χ0) is 15.6. The first-order chi connectivity index (χ1) is 9.81. The molecule has 0 saturated carbocycles. The Morgan fingerprint density at radius 1 is 1.19 bits per heavy atom. The van der Waals surface area contributed by atoms with Crippen LogP contribution in [0.3, 0.4) is 0 Å². The van der Waals surface area contributed by atoms with E-state index < -0.39 is 17.7 Å². The third-order valence-electron chi connectivity index (χ3n) is 2.96. The summed E-state index contributed by atoms with van der Waals surface area (Å²) in [5, 5.41) is 2.69. The summed E-state index contributed by atoms with van der Waals surface area (Å²) in [5.41, 5.74) is 2.00. The maximum Gasteiger partial charge on any atom is 0.412 e. The standard InChI is InChI=1S/C15H19NO5/c1-15(2,3)21-14(18)16-12-6-5-9(13(17)19-4)10-7-20-8-11(10)12/h5-6H,7-8H2,1-4H3,(H,16,18). The summed E-state index contributed by atoms with van der Waals surface area (Å²) in [4.78, 5) is 23.5. The molecule has 2 rings (SSSR count). The Morgan fingerprint density at radius 3 is 2.48 bits per heavy atom. The molecule has 0 saturated heterocycles. The summed E-state index contributed by atoms with van der Waals surface area (Å²) in [6.07, 6.45) is -0.539. The molecular formula is C15H19NO5. The molecule has 0 unspecified atom stereocenters. The molecule has 1 N–H and O–H groups in total. The lowest BCUT2D eigenvalue weighted by Crippen LogP contribution is -2.27. The quantitative estimate of drug-likeness (QED) is 0.849. The Hall–Kier alpha value is -2.08. The molecule has 0 spiro atoms. The van der Waals surface area contributed by atoms with E-state index in [0.29, 0.717) is 24.5 Å². The summed E-state index contributed by atoms with van der Waals surface area (Å²) in [6.45, 7) is 6.04. The van der Waals surface area contributed by atoms with Gasteiger partial charge in [0.2, 0.25) is 0 Å². The maximum atomic E-state index is 11.8. The highest BCUT2D eigenvalue weighted by atomic mass is 16.6. The average molecular weight is 293 g/mol. The number of fused-ring (bicyclic) bond motifs is 1. The SMILES string of the molecule is COC(=O)c1ccc(NC(=O)OC(C)(C)C)c2c1COC2. The van der Waals surface area contributed by atoms with Crippen LogP contribution >= 0.6 is 0 Å². The van der Waals surface area contributed by atoms with E-state index in [0.717, 1.165) is 11.1 Å². The van der Waals surface area contributed by atoms with E-state index in [4.69, 9.17) is 14.2 Å². The average Bonchev–Trinajstić information content (AvgIpc) is 2.85. The predicted molar refractivity (Wildman–Crippen MR) is 76.1 cm³/mol. The van der Waals surface area contributed by atoms with Crippen molar-refractivity contribution in [1.29, 1.82) is 0 Å². The van der Waals surface area contributed by atoms with Gasteiger partial charge in [0, 0.05) is 11.3 Å². The van der Waals surface area contributed by atoms with Crippen molar-refractivity contribution in [3.8, 4) is 0 Å². The lowest BCUT2D eigenvalue weighted by molar-refractivity contribution is 0.0594. The molecule has 114 valence electrons. The van der Waals surface area contributed by atoms with Gasteiger partial charge in [0.15, 0.2) is 0 Å². The van der Waals surface area contributed by atoms with Gasteiger partial charge in [-0.3, -0.25) is 5.32 Å².